The predicted octanol–water partition coefficient (Wildman–Crippen LogP) is 4.58. The molecular formula is C28H29FN4O. The molecule has 0 aliphatic carbocycles. The summed E-state index contributed by atoms with van der Waals surface area (Å²) in [5.41, 5.74) is 5.24. The summed E-state index contributed by atoms with van der Waals surface area (Å²) in [5.74, 6) is 0.526. The van der Waals surface area contributed by atoms with Crippen LogP contribution in [0.25, 0.3) is 0 Å². The minimum absolute atomic E-state index is 0.0202. The lowest BCUT2D eigenvalue weighted by Crippen LogP contribution is -2.53. The first-order chi connectivity index (χ1) is 16.5. The predicted molar refractivity (Wildman–Crippen MR) is 135 cm³/mol. The monoisotopic (exact) mass is 456 g/mol. The number of hydrogen-bond acceptors (Lipinski definition) is 4. The van der Waals surface area contributed by atoms with E-state index in [4.69, 9.17) is 4.99 Å². The topological polar surface area (TPSA) is 39.2 Å². The Labute approximate surface area is 200 Å². The van der Waals surface area contributed by atoms with Crippen LogP contribution in [0.4, 0.5) is 15.8 Å². The van der Waals surface area contributed by atoms with Gasteiger partial charge >= 0.3 is 0 Å². The molecular weight excluding hydrogens is 427 g/mol. The van der Waals surface area contributed by atoms with Crippen LogP contribution in [-0.4, -0.2) is 49.0 Å². The van der Waals surface area contributed by atoms with Gasteiger partial charge in [-0.15, -0.1) is 0 Å². The summed E-state index contributed by atoms with van der Waals surface area (Å²) < 4.78 is 13.3. The maximum atomic E-state index is 13.7. The first kappa shape index (κ1) is 22.1. The Balaban J connectivity index is 1.41. The normalized spacial score (nSPS) is 18.4. The third-order valence-electron chi connectivity index (χ3n) is 6.60. The number of carbonyl (C=O) groups excluding carboxylic acids is 1. The van der Waals surface area contributed by atoms with Crippen LogP contribution in [0, 0.1) is 19.7 Å². The van der Waals surface area contributed by atoms with Gasteiger partial charge in [-0.1, -0.05) is 48.0 Å². The van der Waals surface area contributed by atoms with Gasteiger partial charge < -0.3 is 9.80 Å². The van der Waals surface area contributed by atoms with E-state index in [1.807, 2.05) is 66.4 Å². The van der Waals surface area contributed by atoms with Crippen molar-refractivity contribution in [1.82, 2.24) is 4.90 Å². The van der Waals surface area contributed by atoms with Crippen LogP contribution >= 0.6 is 0 Å². The Kier molecular flexibility index (Phi) is 6.05. The molecule has 2 aliphatic heterocycles. The SMILES string of the molecule is Cc1ccc(N2C(=O)C(Cc3ccccc3)N=C2N2CCN(c3ccc(F)cc3)CC2)c(C)c1. The Bertz CT molecular complexity index is 1200. The van der Waals surface area contributed by atoms with Gasteiger partial charge in [-0.2, -0.15) is 0 Å². The number of benzene rings is 3. The molecule has 1 saturated heterocycles. The molecule has 34 heavy (non-hydrogen) atoms. The number of rotatable bonds is 4. The van der Waals surface area contributed by atoms with Crippen molar-refractivity contribution in [2.75, 3.05) is 36.0 Å². The largest absolute Gasteiger partial charge is 0.368 e. The lowest BCUT2D eigenvalue weighted by Gasteiger charge is -2.39. The molecule has 1 unspecified atom stereocenters. The van der Waals surface area contributed by atoms with Gasteiger partial charge in [0.15, 0.2) is 0 Å². The summed E-state index contributed by atoms with van der Waals surface area (Å²) in [5, 5.41) is 0. The zero-order valence-electron chi connectivity index (χ0n) is 19.6. The highest BCUT2D eigenvalue weighted by Crippen LogP contribution is 2.29. The molecule has 5 rings (SSSR count). The minimum atomic E-state index is -0.437. The maximum absolute atomic E-state index is 13.7. The number of aliphatic imine (C=N–C) groups is 1. The Morgan fingerprint density at radius 1 is 0.882 bits per heavy atom. The van der Waals surface area contributed by atoms with E-state index in [0.717, 1.165) is 54.6 Å². The van der Waals surface area contributed by atoms with Crippen LogP contribution in [0.5, 0.6) is 0 Å². The highest BCUT2D eigenvalue weighted by molar-refractivity contribution is 6.22. The van der Waals surface area contributed by atoms with Crippen molar-refractivity contribution in [3.05, 3.63) is 95.3 Å². The van der Waals surface area contributed by atoms with Crippen LogP contribution < -0.4 is 9.80 Å². The molecule has 0 N–H and O–H groups in total. The zero-order chi connectivity index (χ0) is 23.7. The van der Waals surface area contributed by atoms with Gasteiger partial charge in [-0.3, -0.25) is 4.79 Å². The van der Waals surface area contributed by atoms with E-state index in [9.17, 15) is 9.18 Å². The molecule has 0 aromatic heterocycles. The van der Waals surface area contributed by atoms with Crippen molar-refractivity contribution in [3.63, 3.8) is 0 Å². The maximum Gasteiger partial charge on any atom is 0.259 e. The van der Waals surface area contributed by atoms with Crippen LogP contribution in [0.1, 0.15) is 16.7 Å². The van der Waals surface area contributed by atoms with Crippen molar-refractivity contribution in [3.8, 4) is 0 Å². The summed E-state index contributed by atoms with van der Waals surface area (Å²) in [6, 6.07) is 22.4. The molecule has 6 heteroatoms. The number of aryl methyl sites for hydroxylation is 2. The van der Waals surface area contributed by atoms with E-state index in [1.165, 1.54) is 17.7 Å². The van der Waals surface area contributed by atoms with Crippen molar-refractivity contribution in [1.29, 1.82) is 0 Å². The number of guanidine groups is 1. The molecule has 1 fully saturated rings. The Morgan fingerprint density at radius 2 is 1.56 bits per heavy atom. The molecule has 2 heterocycles. The average Bonchev–Trinajstić information content (AvgIpc) is 3.16. The van der Waals surface area contributed by atoms with Gasteiger partial charge in [0.1, 0.15) is 11.9 Å². The second kappa shape index (κ2) is 9.29. The zero-order valence-corrected chi connectivity index (χ0v) is 19.6. The molecule has 1 atom stereocenters. The first-order valence-electron chi connectivity index (χ1n) is 11.8. The average molecular weight is 457 g/mol. The van der Waals surface area contributed by atoms with Crippen molar-refractivity contribution in [2.24, 2.45) is 4.99 Å². The van der Waals surface area contributed by atoms with Crippen LogP contribution in [-0.2, 0) is 11.2 Å². The fourth-order valence-corrected chi connectivity index (χ4v) is 4.79. The quantitative estimate of drug-likeness (QED) is 0.577. The molecule has 5 nitrogen and oxygen atoms in total. The third kappa shape index (κ3) is 4.40. The molecule has 174 valence electrons. The lowest BCUT2D eigenvalue weighted by molar-refractivity contribution is -0.118. The summed E-state index contributed by atoms with van der Waals surface area (Å²) in [7, 11) is 0. The van der Waals surface area contributed by atoms with Gasteiger partial charge in [0, 0.05) is 38.3 Å². The number of amides is 1. The fourth-order valence-electron chi connectivity index (χ4n) is 4.79. The Hall–Kier alpha value is -3.67. The number of piperazine rings is 1. The van der Waals surface area contributed by atoms with Crippen LogP contribution in [0.15, 0.2) is 77.8 Å². The highest BCUT2D eigenvalue weighted by atomic mass is 19.1. The number of carbonyl (C=O) groups is 1. The number of halogens is 1. The van der Waals surface area contributed by atoms with Crippen molar-refractivity contribution in [2.45, 2.75) is 26.3 Å². The molecule has 0 spiro atoms. The fraction of sp³-hybridized carbons (Fsp3) is 0.286. The Morgan fingerprint density at radius 3 is 2.24 bits per heavy atom. The van der Waals surface area contributed by atoms with Gasteiger partial charge in [0.2, 0.25) is 5.96 Å². The third-order valence-corrected chi connectivity index (χ3v) is 6.60. The van der Waals surface area contributed by atoms with Gasteiger partial charge in [0.05, 0.1) is 5.69 Å². The van der Waals surface area contributed by atoms with Gasteiger partial charge in [0.25, 0.3) is 5.91 Å². The van der Waals surface area contributed by atoms with Crippen LogP contribution in [0.2, 0.25) is 0 Å². The first-order valence-corrected chi connectivity index (χ1v) is 11.8. The molecule has 1 amide bonds. The number of anilines is 2. The van der Waals surface area contributed by atoms with E-state index in [-0.39, 0.29) is 11.7 Å². The molecule has 0 bridgehead atoms. The molecule has 0 radical (unpaired) electrons. The summed E-state index contributed by atoms with van der Waals surface area (Å²) >= 11 is 0. The van der Waals surface area contributed by atoms with E-state index in [0.29, 0.717) is 6.42 Å². The van der Waals surface area contributed by atoms with E-state index < -0.39 is 6.04 Å². The molecule has 2 aliphatic rings. The van der Waals surface area contributed by atoms with E-state index >= 15 is 0 Å². The molecule has 3 aromatic carbocycles. The second-order valence-corrected chi connectivity index (χ2v) is 9.05. The van der Waals surface area contributed by atoms with E-state index in [1.54, 1.807) is 0 Å². The highest BCUT2D eigenvalue weighted by Gasteiger charge is 2.39. The van der Waals surface area contributed by atoms with Crippen molar-refractivity contribution >= 4 is 23.2 Å². The summed E-state index contributed by atoms with van der Waals surface area (Å²) in [4.78, 5) is 24.9. The van der Waals surface area contributed by atoms with E-state index in [2.05, 4.69) is 22.8 Å². The van der Waals surface area contributed by atoms with Gasteiger partial charge in [-0.05, 0) is 55.3 Å². The number of hydrogen-bond donors (Lipinski definition) is 0. The molecule has 3 aromatic rings. The summed E-state index contributed by atoms with van der Waals surface area (Å²) in [6.07, 6.45) is 0.583. The smallest absolute Gasteiger partial charge is 0.259 e. The van der Waals surface area contributed by atoms with Gasteiger partial charge in [-0.25, -0.2) is 14.3 Å². The summed E-state index contributed by atoms with van der Waals surface area (Å²) in [6.45, 7) is 7.15. The number of nitrogens with zero attached hydrogens (tertiary/aromatic N) is 4. The van der Waals surface area contributed by atoms with Crippen molar-refractivity contribution < 1.29 is 9.18 Å². The lowest BCUT2D eigenvalue weighted by atomic mass is 10.1. The molecule has 0 saturated carbocycles. The second-order valence-electron chi connectivity index (χ2n) is 9.05. The van der Waals surface area contributed by atoms with Crippen LogP contribution in [0.3, 0.4) is 0 Å². The standard InChI is InChI=1S/C28H29FN4O/c1-20-8-13-26(21(2)18-20)33-27(34)25(19-22-6-4-3-5-7-22)30-28(33)32-16-14-31(15-17-32)24-11-9-23(29)10-12-24/h3-13,18,25H,14-17,19H2,1-2H3. The minimum Gasteiger partial charge on any atom is -0.368 e.